The van der Waals surface area contributed by atoms with Crippen molar-refractivity contribution in [3.8, 4) is 73.0 Å². The van der Waals surface area contributed by atoms with E-state index < -0.39 is 0 Å². The molecular weight excluding hydrogens is 813 g/mol. The van der Waals surface area contributed by atoms with Crippen LogP contribution in [0.1, 0.15) is 0 Å². The smallest absolute Gasteiger partial charge is 0.135 e. The Labute approximate surface area is 390 Å². The molecule has 10 aromatic carbocycles. The molecular formula is C64H44N2O. The normalized spacial score (nSPS) is 11.3. The van der Waals surface area contributed by atoms with E-state index in [0.717, 1.165) is 61.7 Å². The molecule has 0 unspecified atom stereocenters. The van der Waals surface area contributed by atoms with Crippen molar-refractivity contribution in [1.82, 2.24) is 4.57 Å². The van der Waals surface area contributed by atoms with E-state index in [-0.39, 0.29) is 0 Å². The third kappa shape index (κ3) is 7.39. The summed E-state index contributed by atoms with van der Waals surface area (Å²) in [5, 5.41) is 3.49. The van der Waals surface area contributed by atoms with Gasteiger partial charge in [-0.2, -0.15) is 0 Å². The van der Waals surface area contributed by atoms with Gasteiger partial charge in [-0.1, -0.05) is 194 Å². The molecule has 0 radical (unpaired) electrons. The van der Waals surface area contributed by atoms with Gasteiger partial charge in [0.2, 0.25) is 0 Å². The Hall–Kier alpha value is -8.92. The maximum atomic E-state index is 6.82. The number of furan rings is 1. The third-order valence-corrected chi connectivity index (χ3v) is 12.9. The number of rotatable bonds is 10. The molecule has 0 N–H and O–H groups in total. The Kier molecular flexibility index (Phi) is 10.2. The predicted molar refractivity (Wildman–Crippen MR) is 280 cm³/mol. The van der Waals surface area contributed by atoms with Crippen molar-refractivity contribution in [3.63, 3.8) is 0 Å². The summed E-state index contributed by atoms with van der Waals surface area (Å²) < 4.78 is 9.27. The van der Waals surface area contributed by atoms with E-state index in [1.807, 2.05) is 0 Å². The zero-order chi connectivity index (χ0) is 44.5. The van der Waals surface area contributed by atoms with Gasteiger partial charge in [-0.3, -0.25) is 0 Å². The molecule has 0 aliphatic carbocycles. The van der Waals surface area contributed by atoms with E-state index in [4.69, 9.17) is 4.42 Å². The molecule has 67 heavy (non-hydrogen) atoms. The number of hydrogen-bond acceptors (Lipinski definition) is 2. The Balaban J connectivity index is 0.933. The Morgan fingerprint density at radius 2 is 0.716 bits per heavy atom. The highest BCUT2D eigenvalue weighted by atomic mass is 16.3. The average molecular weight is 857 g/mol. The second-order valence-corrected chi connectivity index (χ2v) is 16.9. The molecule has 0 spiro atoms. The first-order valence-corrected chi connectivity index (χ1v) is 22.8. The second kappa shape index (κ2) is 17.2. The van der Waals surface area contributed by atoms with E-state index in [2.05, 4.69) is 276 Å². The van der Waals surface area contributed by atoms with Crippen LogP contribution in [0.15, 0.2) is 271 Å². The largest absolute Gasteiger partial charge is 0.456 e. The van der Waals surface area contributed by atoms with Crippen molar-refractivity contribution in [3.05, 3.63) is 267 Å². The van der Waals surface area contributed by atoms with Crippen LogP contribution in [0.5, 0.6) is 0 Å². The molecule has 0 aliphatic heterocycles. The second-order valence-electron chi connectivity index (χ2n) is 16.9. The van der Waals surface area contributed by atoms with Gasteiger partial charge in [0.25, 0.3) is 0 Å². The van der Waals surface area contributed by atoms with Crippen molar-refractivity contribution in [2.45, 2.75) is 0 Å². The quantitative estimate of drug-likeness (QED) is 0.137. The first kappa shape index (κ1) is 39.7. The summed E-state index contributed by atoms with van der Waals surface area (Å²) in [7, 11) is 0. The minimum absolute atomic E-state index is 0.816. The minimum Gasteiger partial charge on any atom is -0.456 e. The lowest BCUT2D eigenvalue weighted by Gasteiger charge is -2.26. The van der Waals surface area contributed by atoms with Gasteiger partial charge in [0, 0.05) is 50.2 Å². The van der Waals surface area contributed by atoms with Gasteiger partial charge < -0.3 is 13.9 Å². The maximum Gasteiger partial charge on any atom is 0.135 e. The van der Waals surface area contributed by atoms with Gasteiger partial charge in [-0.25, -0.2) is 0 Å². The standard InChI is InChI=1S/C64H44N2O/c1-6-17-45(18-7-1)47-29-35-53(36-30-47)65(54-37-31-48(32-38-54)46-19-8-2-9-20-46)55-39-33-49(34-40-55)60-43-44-61(67-60)57-27-16-28-58-56(57)41-42-59-62(50-21-10-3-11-22-50)63(51-23-12-4-13-24-51)66(64(58)59)52-25-14-5-15-26-52/h1-44H. The molecule has 2 heterocycles. The number of fused-ring (bicyclic) bond motifs is 3. The molecule has 0 saturated carbocycles. The van der Waals surface area contributed by atoms with Gasteiger partial charge in [0.05, 0.1) is 11.2 Å². The van der Waals surface area contributed by atoms with Crippen LogP contribution in [-0.2, 0) is 0 Å². The van der Waals surface area contributed by atoms with Gasteiger partial charge in [0.1, 0.15) is 11.5 Å². The van der Waals surface area contributed by atoms with Crippen LogP contribution in [0, 0.1) is 0 Å². The van der Waals surface area contributed by atoms with Crippen LogP contribution in [0.25, 0.3) is 94.6 Å². The number of nitrogens with zero attached hydrogens (tertiary/aromatic N) is 2. The highest BCUT2D eigenvalue weighted by molar-refractivity contribution is 6.18. The van der Waals surface area contributed by atoms with E-state index in [0.29, 0.717) is 0 Å². The molecule has 2 aromatic heterocycles. The molecule has 0 bridgehead atoms. The van der Waals surface area contributed by atoms with E-state index in [9.17, 15) is 0 Å². The molecule has 0 aliphatic rings. The lowest BCUT2D eigenvalue weighted by Crippen LogP contribution is -2.09. The summed E-state index contributed by atoms with van der Waals surface area (Å²) in [6.07, 6.45) is 0. The van der Waals surface area contributed by atoms with Crippen molar-refractivity contribution in [1.29, 1.82) is 0 Å². The van der Waals surface area contributed by atoms with E-state index in [1.54, 1.807) is 0 Å². The van der Waals surface area contributed by atoms with Crippen molar-refractivity contribution in [2.24, 2.45) is 0 Å². The molecule has 316 valence electrons. The van der Waals surface area contributed by atoms with Crippen molar-refractivity contribution < 1.29 is 4.42 Å². The number of anilines is 3. The zero-order valence-electron chi connectivity index (χ0n) is 36.7. The molecule has 0 atom stereocenters. The number of para-hydroxylation sites is 1. The van der Waals surface area contributed by atoms with Crippen molar-refractivity contribution >= 4 is 38.7 Å². The average Bonchev–Trinajstić information content (AvgIpc) is 4.05. The van der Waals surface area contributed by atoms with Crippen LogP contribution in [0.2, 0.25) is 0 Å². The topological polar surface area (TPSA) is 21.3 Å². The predicted octanol–water partition coefficient (Wildman–Crippen LogP) is 17.8. The Bertz CT molecular complexity index is 3530. The van der Waals surface area contributed by atoms with Crippen LogP contribution in [0.3, 0.4) is 0 Å². The first-order valence-electron chi connectivity index (χ1n) is 22.8. The van der Waals surface area contributed by atoms with E-state index in [1.165, 1.54) is 50.0 Å². The number of benzene rings is 10. The van der Waals surface area contributed by atoms with Crippen LogP contribution in [-0.4, -0.2) is 4.57 Å². The zero-order valence-corrected chi connectivity index (χ0v) is 36.7. The molecule has 3 nitrogen and oxygen atoms in total. The maximum absolute atomic E-state index is 6.82. The molecule has 12 aromatic rings. The molecule has 12 rings (SSSR count). The third-order valence-electron chi connectivity index (χ3n) is 12.9. The summed E-state index contributed by atoms with van der Waals surface area (Å²) >= 11 is 0. The summed E-state index contributed by atoms with van der Waals surface area (Å²) in [5.74, 6) is 1.64. The number of hydrogen-bond donors (Lipinski definition) is 0. The van der Waals surface area contributed by atoms with Gasteiger partial charge in [-0.15, -0.1) is 0 Å². The highest BCUT2D eigenvalue weighted by Gasteiger charge is 2.24. The highest BCUT2D eigenvalue weighted by Crippen LogP contribution is 2.47. The number of aromatic nitrogens is 1. The van der Waals surface area contributed by atoms with Crippen LogP contribution < -0.4 is 4.90 Å². The summed E-state index contributed by atoms with van der Waals surface area (Å²) in [6.45, 7) is 0. The fourth-order valence-electron chi connectivity index (χ4n) is 9.68. The van der Waals surface area contributed by atoms with Gasteiger partial charge in [0.15, 0.2) is 0 Å². The van der Waals surface area contributed by atoms with Crippen LogP contribution in [0.4, 0.5) is 17.1 Å². The lowest BCUT2D eigenvalue weighted by atomic mass is 9.96. The summed E-state index contributed by atoms with van der Waals surface area (Å²) in [4.78, 5) is 2.31. The SMILES string of the molecule is c1ccc(-c2ccc(N(c3ccc(-c4ccccc4)cc3)c3ccc(-c4ccc(-c5cccc6c5ccc5c(-c7ccccc7)c(-c7ccccc7)n(-c7ccccc7)c56)o4)cc3)cc2)cc1. The van der Waals surface area contributed by atoms with Gasteiger partial charge >= 0.3 is 0 Å². The fraction of sp³-hybridized carbons (Fsp3) is 0. The van der Waals surface area contributed by atoms with E-state index >= 15 is 0 Å². The monoisotopic (exact) mass is 856 g/mol. The van der Waals surface area contributed by atoms with Crippen molar-refractivity contribution in [2.75, 3.05) is 4.90 Å². The minimum atomic E-state index is 0.816. The summed E-state index contributed by atoms with van der Waals surface area (Å²) in [6, 6.07) is 95.1. The lowest BCUT2D eigenvalue weighted by molar-refractivity contribution is 0.598. The first-order chi connectivity index (χ1) is 33.2. The Morgan fingerprint density at radius 1 is 0.284 bits per heavy atom. The Morgan fingerprint density at radius 3 is 1.25 bits per heavy atom. The van der Waals surface area contributed by atoms with Gasteiger partial charge in [-0.05, 0) is 112 Å². The molecule has 0 amide bonds. The molecule has 0 fully saturated rings. The molecule has 0 saturated heterocycles. The van der Waals surface area contributed by atoms with Crippen LogP contribution >= 0.6 is 0 Å². The molecule has 3 heteroatoms. The fourth-order valence-corrected chi connectivity index (χ4v) is 9.68. The summed E-state index contributed by atoms with van der Waals surface area (Å²) in [5.41, 5.74) is 17.0.